The summed E-state index contributed by atoms with van der Waals surface area (Å²) in [5, 5.41) is 5.49. The predicted molar refractivity (Wildman–Crippen MR) is 80.5 cm³/mol. The fourth-order valence-electron chi connectivity index (χ4n) is 2.17. The normalized spacial score (nSPS) is 13.0. The molecule has 0 aliphatic carbocycles. The van der Waals surface area contributed by atoms with Crippen molar-refractivity contribution in [2.75, 3.05) is 16.4 Å². The molecular weight excluding hydrogens is 344 g/mol. The first kappa shape index (κ1) is 13.8. The average molecular weight is 354 g/mol. The fraction of sp³-hybridized carbons (Fsp3) is 0.0714. The van der Waals surface area contributed by atoms with Gasteiger partial charge in [0.1, 0.15) is 11.6 Å². The van der Waals surface area contributed by atoms with Gasteiger partial charge in [-0.3, -0.25) is 4.79 Å². The molecule has 4 nitrogen and oxygen atoms in total. The van der Waals surface area contributed by atoms with Crippen LogP contribution in [-0.2, 0) is 11.2 Å². The molecule has 1 amide bonds. The maximum absolute atomic E-state index is 13.8. The summed E-state index contributed by atoms with van der Waals surface area (Å²) in [7, 11) is 0. The molecule has 0 unspecified atom stereocenters. The second-order valence-corrected chi connectivity index (χ2v) is 5.55. The van der Waals surface area contributed by atoms with Crippen LogP contribution < -0.4 is 16.4 Å². The van der Waals surface area contributed by atoms with Crippen LogP contribution in [0.5, 0.6) is 0 Å². The van der Waals surface area contributed by atoms with Gasteiger partial charge in [-0.25, -0.2) is 8.78 Å². The lowest BCUT2D eigenvalue weighted by Crippen LogP contribution is -2.03. The van der Waals surface area contributed by atoms with Crippen LogP contribution in [0.4, 0.5) is 31.5 Å². The number of amides is 1. The van der Waals surface area contributed by atoms with E-state index in [4.69, 9.17) is 5.73 Å². The van der Waals surface area contributed by atoms with Crippen LogP contribution in [0.1, 0.15) is 5.56 Å². The summed E-state index contributed by atoms with van der Waals surface area (Å²) in [5.41, 5.74) is 8.23. The number of nitrogens with two attached hydrogens (primary N) is 1. The first-order valence-corrected chi connectivity index (χ1v) is 6.87. The van der Waals surface area contributed by atoms with Crippen LogP contribution in [0.25, 0.3) is 0 Å². The Bertz CT molecular complexity index is 764. The maximum Gasteiger partial charge on any atom is 0.228 e. The Morgan fingerprint density at radius 3 is 2.67 bits per heavy atom. The number of hydrogen-bond donors (Lipinski definition) is 3. The largest absolute Gasteiger partial charge is 0.397 e. The number of benzene rings is 2. The third kappa shape index (κ3) is 2.56. The minimum absolute atomic E-state index is 0.0826. The number of nitrogen functional groups attached to an aromatic ring is 1. The highest BCUT2D eigenvalue weighted by atomic mass is 79.9. The summed E-state index contributed by atoms with van der Waals surface area (Å²) < 4.78 is 27.1. The molecule has 21 heavy (non-hydrogen) atoms. The summed E-state index contributed by atoms with van der Waals surface area (Å²) in [6, 6.07) is 5.35. The third-order valence-electron chi connectivity index (χ3n) is 3.18. The number of carbonyl (C=O) groups excluding carboxylic acids is 1. The minimum Gasteiger partial charge on any atom is -0.397 e. The van der Waals surface area contributed by atoms with E-state index in [1.807, 2.05) is 0 Å². The van der Waals surface area contributed by atoms with Crippen molar-refractivity contribution in [3.8, 4) is 0 Å². The van der Waals surface area contributed by atoms with Gasteiger partial charge in [0.15, 0.2) is 0 Å². The molecule has 0 radical (unpaired) electrons. The number of halogens is 3. The van der Waals surface area contributed by atoms with Crippen LogP contribution in [0, 0.1) is 11.6 Å². The molecule has 0 saturated heterocycles. The van der Waals surface area contributed by atoms with Crippen molar-refractivity contribution in [2.24, 2.45) is 0 Å². The first-order chi connectivity index (χ1) is 9.94. The number of hydrogen-bond acceptors (Lipinski definition) is 3. The zero-order valence-corrected chi connectivity index (χ0v) is 12.2. The van der Waals surface area contributed by atoms with Crippen LogP contribution in [0.3, 0.4) is 0 Å². The Balaban J connectivity index is 1.98. The number of anilines is 4. The molecule has 1 aliphatic rings. The molecule has 0 fully saturated rings. The first-order valence-electron chi connectivity index (χ1n) is 6.08. The van der Waals surface area contributed by atoms with E-state index in [1.54, 1.807) is 12.1 Å². The van der Waals surface area contributed by atoms with Gasteiger partial charge in [0.05, 0.1) is 28.0 Å². The summed E-state index contributed by atoms with van der Waals surface area (Å²) in [6.45, 7) is 0. The SMILES string of the molecule is Nc1cc2c(cc1Nc1cc(Br)c(F)cc1F)NC(=O)C2. The van der Waals surface area contributed by atoms with Crippen LogP contribution in [-0.4, -0.2) is 5.91 Å². The molecule has 0 atom stereocenters. The molecule has 2 aromatic carbocycles. The number of fused-ring (bicyclic) bond motifs is 1. The highest BCUT2D eigenvalue weighted by Gasteiger charge is 2.20. The lowest BCUT2D eigenvalue weighted by molar-refractivity contribution is -0.115. The Morgan fingerprint density at radius 1 is 1.14 bits per heavy atom. The van der Waals surface area contributed by atoms with E-state index in [0.717, 1.165) is 11.6 Å². The molecule has 1 aliphatic heterocycles. The molecule has 4 N–H and O–H groups in total. The fourth-order valence-corrected chi connectivity index (χ4v) is 2.51. The highest BCUT2D eigenvalue weighted by molar-refractivity contribution is 9.10. The summed E-state index contributed by atoms with van der Waals surface area (Å²) >= 11 is 3.00. The van der Waals surface area contributed by atoms with Gasteiger partial charge in [-0.15, -0.1) is 0 Å². The second-order valence-electron chi connectivity index (χ2n) is 4.69. The Labute approximate surface area is 127 Å². The van der Waals surface area contributed by atoms with Crippen molar-refractivity contribution in [3.63, 3.8) is 0 Å². The molecule has 2 aromatic rings. The van der Waals surface area contributed by atoms with Crippen LogP contribution in [0.15, 0.2) is 28.7 Å². The smallest absolute Gasteiger partial charge is 0.228 e. The van der Waals surface area contributed by atoms with E-state index >= 15 is 0 Å². The second kappa shape index (κ2) is 5.00. The molecular formula is C14H10BrF2N3O. The third-order valence-corrected chi connectivity index (χ3v) is 3.79. The molecule has 0 spiro atoms. The van der Waals surface area contributed by atoms with Crippen LogP contribution >= 0.6 is 15.9 Å². The van der Waals surface area contributed by atoms with Crippen molar-refractivity contribution < 1.29 is 13.6 Å². The summed E-state index contributed by atoms with van der Waals surface area (Å²) in [6.07, 6.45) is 0.274. The molecule has 0 bridgehead atoms. The van der Waals surface area contributed by atoms with Gasteiger partial charge in [0, 0.05) is 11.8 Å². The van der Waals surface area contributed by atoms with E-state index in [2.05, 4.69) is 26.6 Å². The van der Waals surface area contributed by atoms with Gasteiger partial charge in [0.2, 0.25) is 5.91 Å². The summed E-state index contributed by atoms with van der Waals surface area (Å²) in [4.78, 5) is 11.3. The standard InChI is InChI=1S/C14H10BrF2N3O/c15-7-3-12(9(17)4-8(7)16)19-13-5-11-6(1-10(13)18)2-14(21)20-11/h1,3-5,19H,2,18H2,(H,20,21). The van der Waals surface area contributed by atoms with E-state index in [1.165, 1.54) is 6.07 Å². The lowest BCUT2D eigenvalue weighted by atomic mass is 10.1. The number of rotatable bonds is 2. The van der Waals surface area contributed by atoms with E-state index in [9.17, 15) is 13.6 Å². The van der Waals surface area contributed by atoms with Crippen molar-refractivity contribution in [2.45, 2.75) is 6.42 Å². The number of nitrogens with one attached hydrogen (secondary N) is 2. The molecule has 7 heteroatoms. The topological polar surface area (TPSA) is 67.2 Å². The van der Waals surface area contributed by atoms with E-state index < -0.39 is 11.6 Å². The van der Waals surface area contributed by atoms with Gasteiger partial charge in [-0.2, -0.15) is 0 Å². The van der Waals surface area contributed by atoms with Crippen molar-refractivity contribution in [1.29, 1.82) is 0 Å². The van der Waals surface area contributed by atoms with Crippen molar-refractivity contribution >= 4 is 44.6 Å². The number of carbonyl (C=O) groups is 1. The van der Waals surface area contributed by atoms with Gasteiger partial charge < -0.3 is 16.4 Å². The molecule has 0 saturated carbocycles. The van der Waals surface area contributed by atoms with Gasteiger partial charge in [0.25, 0.3) is 0 Å². The molecule has 3 rings (SSSR count). The monoisotopic (exact) mass is 353 g/mol. The van der Waals surface area contributed by atoms with E-state index in [-0.39, 0.29) is 22.5 Å². The van der Waals surface area contributed by atoms with Gasteiger partial charge >= 0.3 is 0 Å². The Kier molecular flexibility index (Phi) is 3.29. The molecule has 0 aromatic heterocycles. The lowest BCUT2D eigenvalue weighted by Gasteiger charge is -2.13. The van der Waals surface area contributed by atoms with Crippen LogP contribution in [0.2, 0.25) is 0 Å². The Hall–Kier alpha value is -2.15. The predicted octanol–water partition coefficient (Wildman–Crippen LogP) is 3.55. The van der Waals surface area contributed by atoms with Gasteiger partial charge in [-0.05, 0) is 39.7 Å². The van der Waals surface area contributed by atoms with Crippen molar-refractivity contribution in [3.05, 3.63) is 45.9 Å². The average Bonchev–Trinajstić information content (AvgIpc) is 2.75. The quantitative estimate of drug-likeness (QED) is 0.571. The zero-order chi connectivity index (χ0) is 15.1. The summed E-state index contributed by atoms with van der Waals surface area (Å²) in [5.74, 6) is -1.54. The maximum atomic E-state index is 13.8. The highest BCUT2D eigenvalue weighted by Crippen LogP contribution is 2.34. The zero-order valence-electron chi connectivity index (χ0n) is 10.6. The Morgan fingerprint density at radius 2 is 1.90 bits per heavy atom. The molecule has 108 valence electrons. The molecule has 1 heterocycles. The minimum atomic E-state index is -0.736. The van der Waals surface area contributed by atoms with E-state index in [0.29, 0.717) is 17.1 Å². The van der Waals surface area contributed by atoms with Gasteiger partial charge in [-0.1, -0.05) is 0 Å². The van der Waals surface area contributed by atoms with Crippen molar-refractivity contribution in [1.82, 2.24) is 0 Å².